The van der Waals surface area contributed by atoms with Crippen molar-refractivity contribution in [2.45, 2.75) is 0 Å². The molecule has 116 valence electrons. The molecule has 0 bridgehead atoms. The van der Waals surface area contributed by atoms with Gasteiger partial charge in [-0.25, -0.2) is 4.90 Å². The number of fused-ring (bicyclic) bond motifs is 1. The fourth-order valence-corrected chi connectivity index (χ4v) is 2.83. The van der Waals surface area contributed by atoms with Crippen molar-refractivity contribution in [2.24, 2.45) is 0 Å². The van der Waals surface area contributed by atoms with Gasteiger partial charge in [-0.15, -0.1) is 0 Å². The molecule has 0 saturated carbocycles. The van der Waals surface area contributed by atoms with E-state index in [-0.39, 0.29) is 11.8 Å². The van der Waals surface area contributed by atoms with Gasteiger partial charge in [0.25, 0.3) is 11.8 Å². The van der Waals surface area contributed by atoms with Gasteiger partial charge in [-0.2, -0.15) is 0 Å². The molecule has 1 heterocycles. The summed E-state index contributed by atoms with van der Waals surface area (Å²) >= 11 is 0. The summed E-state index contributed by atoms with van der Waals surface area (Å²) in [5.41, 5.74) is 3.21. The average Bonchev–Trinajstić information content (AvgIpc) is 2.87. The number of carbonyl (C=O) groups is 2. The van der Waals surface area contributed by atoms with Crippen molar-refractivity contribution >= 4 is 28.9 Å². The number of hydrogen-bond acceptors (Lipinski definition) is 3. The number of anilines is 3. The summed E-state index contributed by atoms with van der Waals surface area (Å²) in [6.45, 7) is 0. The van der Waals surface area contributed by atoms with Crippen LogP contribution < -0.4 is 10.2 Å². The molecule has 0 aliphatic carbocycles. The fourth-order valence-electron chi connectivity index (χ4n) is 2.83. The van der Waals surface area contributed by atoms with E-state index in [1.807, 2.05) is 42.5 Å². The van der Waals surface area contributed by atoms with Crippen LogP contribution in [-0.2, 0) is 0 Å². The minimum Gasteiger partial charge on any atom is -0.355 e. The van der Waals surface area contributed by atoms with Crippen LogP contribution in [0.4, 0.5) is 17.1 Å². The van der Waals surface area contributed by atoms with Crippen LogP contribution in [0.3, 0.4) is 0 Å². The smallest absolute Gasteiger partial charge is 0.266 e. The normalized spacial score (nSPS) is 13.1. The third-order valence-electron chi connectivity index (χ3n) is 3.96. The van der Waals surface area contributed by atoms with Gasteiger partial charge in [0, 0.05) is 11.4 Å². The van der Waals surface area contributed by atoms with Crippen molar-refractivity contribution in [3.63, 3.8) is 0 Å². The first-order chi connectivity index (χ1) is 11.7. The zero-order valence-electron chi connectivity index (χ0n) is 12.8. The Morgan fingerprint density at radius 2 is 1.21 bits per heavy atom. The molecule has 4 heteroatoms. The molecule has 0 fully saturated rings. The lowest BCUT2D eigenvalue weighted by Crippen LogP contribution is -2.29. The Morgan fingerprint density at radius 3 is 1.88 bits per heavy atom. The maximum Gasteiger partial charge on any atom is 0.266 e. The second-order valence-electron chi connectivity index (χ2n) is 5.53. The van der Waals surface area contributed by atoms with E-state index in [4.69, 9.17) is 0 Å². The maximum atomic E-state index is 12.6. The maximum absolute atomic E-state index is 12.6. The Morgan fingerprint density at radius 1 is 0.625 bits per heavy atom. The van der Waals surface area contributed by atoms with Gasteiger partial charge in [-0.3, -0.25) is 9.59 Å². The Kier molecular flexibility index (Phi) is 3.35. The van der Waals surface area contributed by atoms with Crippen LogP contribution >= 0.6 is 0 Å². The summed E-state index contributed by atoms with van der Waals surface area (Å²) in [4.78, 5) is 26.3. The first kappa shape index (κ1) is 14.2. The number of hydrogen-bond donors (Lipinski definition) is 1. The zero-order chi connectivity index (χ0) is 16.5. The van der Waals surface area contributed by atoms with E-state index in [0.717, 1.165) is 11.4 Å². The van der Waals surface area contributed by atoms with Gasteiger partial charge < -0.3 is 5.32 Å². The van der Waals surface area contributed by atoms with Crippen LogP contribution in [0, 0.1) is 0 Å². The summed E-state index contributed by atoms with van der Waals surface area (Å²) < 4.78 is 0. The standard InChI is InChI=1S/C20H14N2O2/c23-19-17-11-4-5-12-18(17)20(24)22(19)16-10-6-9-15(13-16)21-14-7-2-1-3-8-14/h1-13,21H. The van der Waals surface area contributed by atoms with Crippen molar-refractivity contribution < 1.29 is 9.59 Å². The number of rotatable bonds is 3. The Labute approximate surface area is 139 Å². The molecule has 3 aromatic carbocycles. The second kappa shape index (κ2) is 5.66. The number of carbonyl (C=O) groups excluding carboxylic acids is 2. The van der Waals surface area contributed by atoms with Gasteiger partial charge >= 0.3 is 0 Å². The number of imide groups is 1. The van der Waals surface area contributed by atoms with Crippen LogP contribution in [0.5, 0.6) is 0 Å². The molecule has 0 unspecified atom stereocenters. The predicted molar refractivity (Wildman–Crippen MR) is 93.7 cm³/mol. The van der Waals surface area contributed by atoms with Gasteiger partial charge in [0.15, 0.2) is 0 Å². The molecule has 4 nitrogen and oxygen atoms in total. The molecule has 4 rings (SSSR count). The molecular weight excluding hydrogens is 300 g/mol. The molecule has 1 aliphatic rings. The average molecular weight is 314 g/mol. The monoisotopic (exact) mass is 314 g/mol. The highest BCUT2D eigenvalue weighted by molar-refractivity contribution is 6.34. The highest BCUT2D eigenvalue weighted by Crippen LogP contribution is 2.30. The summed E-state index contributed by atoms with van der Waals surface area (Å²) in [6, 6.07) is 23.9. The molecule has 2 amide bonds. The summed E-state index contributed by atoms with van der Waals surface area (Å²) in [5, 5.41) is 3.27. The molecule has 0 spiro atoms. The van der Waals surface area contributed by atoms with Gasteiger partial charge in [0.05, 0.1) is 16.8 Å². The van der Waals surface area contributed by atoms with Crippen molar-refractivity contribution in [2.75, 3.05) is 10.2 Å². The topological polar surface area (TPSA) is 49.4 Å². The number of amides is 2. The van der Waals surface area contributed by atoms with E-state index in [1.165, 1.54) is 4.90 Å². The predicted octanol–water partition coefficient (Wildman–Crippen LogP) is 4.23. The van der Waals surface area contributed by atoms with E-state index in [1.54, 1.807) is 36.4 Å². The summed E-state index contributed by atoms with van der Waals surface area (Å²) in [6.07, 6.45) is 0. The SMILES string of the molecule is O=C1c2ccccc2C(=O)N1c1cccc(Nc2ccccc2)c1. The van der Waals surface area contributed by atoms with Gasteiger partial charge in [-0.1, -0.05) is 36.4 Å². The third kappa shape index (κ3) is 2.34. The highest BCUT2D eigenvalue weighted by atomic mass is 16.2. The van der Waals surface area contributed by atoms with Crippen LogP contribution in [-0.4, -0.2) is 11.8 Å². The lowest BCUT2D eigenvalue weighted by atomic mass is 10.1. The minimum absolute atomic E-state index is 0.285. The van der Waals surface area contributed by atoms with Crippen LogP contribution in [0.2, 0.25) is 0 Å². The van der Waals surface area contributed by atoms with E-state index >= 15 is 0 Å². The number of para-hydroxylation sites is 1. The van der Waals surface area contributed by atoms with Crippen LogP contribution in [0.25, 0.3) is 0 Å². The van der Waals surface area contributed by atoms with E-state index < -0.39 is 0 Å². The number of nitrogens with one attached hydrogen (secondary N) is 1. The lowest BCUT2D eigenvalue weighted by Gasteiger charge is -2.15. The van der Waals surface area contributed by atoms with Crippen molar-refractivity contribution in [3.05, 3.63) is 90.0 Å². The largest absolute Gasteiger partial charge is 0.355 e. The fraction of sp³-hybridized carbons (Fsp3) is 0. The van der Waals surface area contributed by atoms with Crippen molar-refractivity contribution in [1.82, 2.24) is 0 Å². The first-order valence-electron chi connectivity index (χ1n) is 7.64. The third-order valence-corrected chi connectivity index (χ3v) is 3.96. The number of benzene rings is 3. The van der Waals surface area contributed by atoms with Crippen LogP contribution in [0.1, 0.15) is 20.7 Å². The quantitative estimate of drug-likeness (QED) is 0.736. The van der Waals surface area contributed by atoms with E-state index in [9.17, 15) is 9.59 Å². The summed E-state index contributed by atoms with van der Waals surface area (Å²) in [7, 11) is 0. The first-order valence-corrected chi connectivity index (χ1v) is 7.64. The van der Waals surface area contributed by atoms with Gasteiger partial charge in [0.2, 0.25) is 0 Å². The van der Waals surface area contributed by atoms with Gasteiger partial charge in [-0.05, 0) is 42.5 Å². The van der Waals surface area contributed by atoms with E-state index in [2.05, 4.69) is 5.32 Å². The van der Waals surface area contributed by atoms with Crippen molar-refractivity contribution in [3.8, 4) is 0 Å². The zero-order valence-corrected chi connectivity index (χ0v) is 12.8. The molecule has 1 aliphatic heterocycles. The molecule has 3 aromatic rings. The molecular formula is C20H14N2O2. The Balaban J connectivity index is 1.67. The molecule has 1 N–H and O–H groups in total. The molecule has 0 saturated heterocycles. The minimum atomic E-state index is -0.285. The highest BCUT2D eigenvalue weighted by Gasteiger charge is 2.36. The number of nitrogens with zero attached hydrogens (tertiary/aromatic N) is 1. The molecule has 0 aromatic heterocycles. The molecule has 24 heavy (non-hydrogen) atoms. The summed E-state index contributed by atoms with van der Waals surface area (Å²) in [5.74, 6) is -0.570. The lowest BCUT2D eigenvalue weighted by molar-refractivity contribution is 0.0926. The van der Waals surface area contributed by atoms with Crippen molar-refractivity contribution in [1.29, 1.82) is 0 Å². The van der Waals surface area contributed by atoms with Crippen LogP contribution in [0.15, 0.2) is 78.9 Å². The Hall–Kier alpha value is -3.40. The molecule has 0 radical (unpaired) electrons. The Bertz CT molecular complexity index is 900. The second-order valence-corrected chi connectivity index (χ2v) is 5.53. The molecule has 0 atom stereocenters. The van der Waals surface area contributed by atoms with Gasteiger partial charge in [0.1, 0.15) is 0 Å². The van der Waals surface area contributed by atoms with E-state index in [0.29, 0.717) is 16.8 Å².